The van der Waals surface area contributed by atoms with E-state index < -0.39 is 17.7 Å². The Bertz CT molecular complexity index is 799. The number of fused-ring (bicyclic) bond motifs is 1. The highest BCUT2D eigenvalue weighted by atomic mass is 35.5. The van der Waals surface area contributed by atoms with Gasteiger partial charge in [0.1, 0.15) is 11.9 Å². The highest BCUT2D eigenvalue weighted by molar-refractivity contribution is 6.34. The number of aromatic nitrogens is 4. The van der Waals surface area contributed by atoms with Crippen LogP contribution in [0.1, 0.15) is 30.4 Å². The Kier molecular flexibility index (Phi) is 3.92. The number of carboxylic acids is 1. The molecule has 0 amide bonds. The second kappa shape index (κ2) is 5.73. The summed E-state index contributed by atoms with van der Waals surface area (Å²) in [5, 5.41) is 14.2. The lowest BCUT2D eigenvalue weighted by atomic mass is 10.1. The van der Waals surface area contributed by atoms with Crippen molar-refractivity contribution in [2.24, 2.45) is 0 Å². The van der Waals surface area contributed by atoms with Crippen molar-refractivity contribution >= 4 is 29.2 Å². The predicted octanol–water partition coefficient (Wildman–Crippen LogP) is 1.76. The molecule has 0 saturated heterocycles. The standard InChI is InChI=1S/C13H12Cl2N4O3/c14-7-4-8(15)9(16-5-7)6-18-13(22)19-10(12(20)21)2-1-3-11(19)17-18/h4-5,10H,1-3,6H2,(H,20,21). The third-order valence-electron chi connectivity index (χ3n) is 3.60. The van der Waals surface area contributed by atoms with Gasteiger partial charge in [-0.1, -0.05) is 23.2 Å². The van der Waals surface area contributed by atoms with E-state index in [0.717, 1.165) is 0 Å². The first-order valence-corrected chi connectivity index (χ1v) is 7.44. The Labute approximate surface area is 135 Å². The number of carboxylic acid groups (broad SMARTS) is 1. The molecule has 0 bridgehead atoms. The maximum absolute atomic E-state index is 12.4. The van der Waals surface area contributed by atoms with Crippen LogP contribution in [0.2, 0.25) is 10.0 Å². The van der Waals surface area contributed by atoms with Crippen LogP contribution in [0.5, 0.6) is 0 Å². The topological polar surface area (TPSA) is 90.0 Å². The molecule has 116 valence electrons. The third-order valence-corrected chi connectivity index (χ3v) is 4.13. The average molecular weight is 343 g/mol. The first-order valence-electron chi connectivity index (χ1n) is 6.68. The molecule has 0 aliphatic carbocycles. The predicted molar refractivity (Wildman–Crippen MR) is 79.5 cm³/mol. The first-order chi connectivity index (χ1) is 10.5. The van der Waals surface area contributed by atoms with Gasteiger partial charge in [0.2, 0.25) is 0 Å². The lowest BCUT2D eigenvalue weighted by Crippen LogP contribution is -2.34. The largest absolute Gasteiger partial charge is 0.480 e. The maximum atomic E-state index is 12.4. The van der Waals surface area contributed by atoms with E-state index in [1.165, 1.54) is 21.5 Å². The second-order valence-electron chi connectivity index (χ2n) is 5.05. The molecule has 2 aromatic heterocycles. The number of hydrogen-bond donors (Lipinski definition) is 1. The Morgan fingerprint density at radius 3 is 2.91 bits per heavy atom. The molecule has 3 heterocycles. The van der Waals surface area contributed by atoms with Gasteiger partial charge in [-0.15, -0.1) is 0 Å². The van der Waals surface area contributed by atoms with Crippen molar-refractivity contribution in [3.8, 4) is 0 Å². The molecule has 3 rings (SSSR count). The van der Waals surface area contributed by atoms with Gasteiger partial charge in [-0.05, 0) is 18.9 Å². The van der Waals surface area contributed by atoms with Crippen LogP contribution >= 0.6 is 23.2 Å². The van der Waals surface area contributed by atoms with Crippen LogP contribution in [0.15, 0.2) is 17.1 Å². The summed E-state index contributed by atoms with van der Waals surface area (Å²) in [6, 6.07) is 0.672. The van der Waals surface area contributed by atoms with E-state index in [4.69, 9.17) is 23.2 Å². The van der Waals surface area contributed by atoms with Gasteiger partial charge in [0.05, 0.1) is 22.3 Å². The van der Waals surface area contributed by atoms with Gasteiger partial charge in [0.25, 0.3) is 0 Å². The molecule has 7 nitrogen and oxygen atoms in total. The van der Waals surface area contributed by atoms with E-state index >= 15 is 0 Å². The summed E-state index contributed by atoms with van der Waals surface area (Å²) in [5.74, 6) is -0.543. The number of halogens is 2. The molecule has 22 heavy (non-hydrogen) atoms. The first kappa shape index (κ1) is 15.1. The molecule has 1 atom stereocenters. The van der Waals surface area contributed by atoms with Gasteiger partial charge in [0, 0.05) is 12.6 Å². The summed E-state index contributed by atoms with van der Waals surface area (Å²) in [5.41, 5.74) is -0.00888. The van der Waals surface area contributed by atoms with Crippen molar-refractivity contribution in [1.29, 1.82) is 0 Å². The van der Waals surface area contributed by atoms with Crippen molar-refractivity contribution in [2.45, 2.75) is 31.8 Å². The molecule has 0 spiro atoms. The van der Waals surface area contributed by atoms with E-state index in [9.17, 15) is 14.7 Å². The molecule has 0 fully saturated rings. The van der Waals surface area contributed by atoms with Crippen molar-refractivity contribution < 1.29 is 9.90 Å². The number of aliphatic carboxylic acids is 1. The SMILES string of the molecule is O=C(O)C1CCCc2nn(Cc3ncc(Cl)cc3Cl)c(=O)n21. The summed E-state index contributed by atoms with van der Waals surface area (Å²) in [7, 11) is 0. The molecule has 0 radical (unpaired) electrons. The summed E-state index contributed by atoms with van der Waals surface area (Å²) >= 11 is 11.8. The fraction of sp³-hybridized carbons (Fsp3) is 0.385. The average Bonchev–Trinajstić information content (AvgIpc) is 2.78. The molecule has 1 N–H and O–H groups in total. The summed E-state index contributed by atoms with van der Waals surface area (Å²) < 4.78 is 2.44. The van der Waals surface area contributed by atoms with Crippen LogP contribution in [0, 0.1) is 0 Å². The smallest absolute Gasteiger partial charge is 0.347 e. The number of pyridine rings is 1. The molecular weight excluding hydrogens is 331 g/mol. The molecule has 0 saturated carbocycles. The molecular formula is C13H12Cl2N4O3. The zero-order valence-corrected chi connectivity index (χ0v) is 12.9. The van der Waals surface area contributed by atoms with Gasteiger partial charge >= 0.3 is 11.7 Å². The van der Waals surface area contributed by atoms with Crippen molar-refractivity contribution in [3.63, 3.8) is 0 Å². The fourth-order valence-corrected chi connectivity index (χ4v) is 3.01. The van der Waals surface area contributed by atoms with Crippen LogP contribution < -0.4 is 5.69 Å². The van der Waals surface area contributed by atoms with Crippen molar-refractivity contribution in [3.05, 3.63) is 44.3 Å². The number of hydrogen-bond acceptors (Lipinski definition) is 4. The quantitative estimate of drug-likeness (QED) is 0.917. The highest BCUT2D eigenvalue weighted by Crippen LogP contribution is 2.23. The van der Waals surface area contributed by atoms with E-state index in [1.54, 1.807) is 0 Å². The molecule has 1 unspecified atom stereocenters. The van der Waals surface area contributed by atoms with Crippen LogP contribution in [0.25, 0.3) is 0 Å². The van der Waals surface area contributed by atoms with Crippen LogP contribution in [0.4, 0.5) is 0 Å². The maximum Gasteiger partial charge on any atom is 0.347 e. The van der Waals surface area contributed by atoms with E-state index in [-0.39, 0.29) is 6.54 Å². The van der Waals surface area contributed by atoms with Crippen LogP contribution in [-0.2, 0) is 17.8 Å². The van der Waals surface area contributed by atoms with Crippen molar-refractivity contribution in [2.75, 3.05) is 0 Å². The second-order valence-corrected chi connectivity index (χ2v) is 5.90. The Morgan fingerprint density at radius 2 is 2.23 bits per heavy atom. The normalized spacial score (nSPS) is 17.3. The Balaban J connectivity index is 2.00. The molecule has 2 aromatic rings. The van der Waals surface area contributed by atoms with Crippen LogP contribution in [-0.4, -0.2) is 30.4 Å². The molecule has 0 aromatic carbocycles. The van der Waals surface area contributed by atoms with Gasteiger partial charge in [-0.25, -0.2) is 14.3 Å². The zero-order chi connectivity index (χ0) is 15.9. The number of carbonyl (C=O) groups is 1. The van der Waals surface area contributed by atoms with Gasteiger partial charge in [-0.3, -0.25) is 9.55 Å². The summed E-state index contributed by atoms with van der Waals surface area (Å²) in [6.07, 6.45) is 3.12. The number of rotatable bonds is 3. The lowest BCUT2D eigenvalue weighted by molar-refractivity contribution is -0.141. The molecule has 1 aliphatic rings. The summed E-state index contributed by atoms with van der Waals surface area (Å²) in [4.78, 5) is 27.8. The highest BCUT2D eigenvalue weighted by Gasteiger charge is 2.30. The fourth-order valence-electron chi connectivity index (χ4n) is 2.57. The van der Waals surface area contributed by atoms with Gasteiger partial charge in [0.15, 0.2) is 0 Å². The minimum Gasteiger partial charge on any atom is -0.480 e. The number of nitrogens with zero attached hydrogens (tertiary/aromatic N) is 4. The minimum atomic E-state index is -1.02. The van der Waals surface area contributed by atoms with Crippen LogP contribution in [0.3, 0.4) is 0 Å². The Hall–Kier alpha value is -1.86. The number of aryl methyl sites for hydroxylation is 1. The molecule has 9 heteroatoms. The lowest BCUT2D eigenvalue weighted by Gasteiger charge is -2.19. The van der Waals surface area contributed by atoms with Crippen molar-refractivity contribution in [1.82, 2.24) is 19.3 Å². The summed E-state index contributed by atoms with van der Waals surface area (Å²) in [6.45, 7) is 0.0706. The van der Waals surface area contributed by atoms with E-state index in [0.29, 0.717) is 40.8 Å². The van der Waals surface area contributed by atoms with E-state index in [2.05, 4.69) is 10.1 Å². The van der Waals surface area contributed by atoms with Gasteiger partial charge < -0.3 is 5.11 Å². The zero-order valence-electron chi connectivity index (χ0n) is 11.4. The Morgan fingerprint density at radius 1 is 1.45 bits per heavy atom. The van der Waals surface area contributed by atoms with Gasteiger partial charge in [-0.2, -0.15) is 5.10 Å². The molecule has 1 aliphatic heterocycles. The third kappa shape index (κ3) is 2.62. The van der Waals surface area contributed by atoms with E-state index in [1.807, 2.05) is 0 Å². The monoisotopic (exact) mass is 342 g/mol. The minimum absolute atomic E-state index is 0.0706.